The van der Waals surface area contributed by atoms with Gasteiger partial charge in [-0.2, -0.15) is 0 Å². The highest BCUT2D eigenvalue weighted by Crippen LogP contribution is 2.45. The minimum atomic E-state index is -1.03. The van der Waals surface area contributed by atoms with E-state index in [2.05, 4.69) is 17.2 Å². The summed E-state index contributed by atoms with van der Waals surface area (Å²) in [6.45, 7) is 6.23. The third-order valence-corrected chi connectivity index (χ3v) is 7.44. The Hall–Kier alpha value is -3.62. The van der Waals surface area contributed by atoms with E-state index in [9.17, 15) is 9.59 Å². The molecule has 2 aromatic heterocycles. The Balaban J connectivity index is 1.24. The zero-order valence-corrected chi connectivity index (χ0v) is 21.0. The van der Waals surface area contributed by atoms with Crippen molar-refractivity contribution in [1.29, 1.82) is 0 Å². The molecule has 0 radical (unpaired) electrons. The minimum Gasteiger partial charge on any atom is -0.472 e. The maximum atomic E-state index is 13.1. The number of nitrogens with one attached hydrogen (secondary N) is 2. The largest absolute Gasteiger partial charge is 0.472 e. The van der Waals surface area contributed by atoms with E-state index in [4.69, 9.17) is 30.5 Å². The van der Waals surface area contributed by atoms with E-state index in [0.717, 1.165) is 16.2 Å². The van der Waals surface area contributed by atoms with Crippen LogP contribution in [0.15, 0.2) is 59.5 Å². The van der Waals surface area contributed by atoms with Crippen LogP contribution in [0.5, 0.6) is 5.88 Å². The first kappa shape index (κ1) is 23.8. The van der Waals surface area contributed by atoms with Gasteiger partial charge in [-0.15, -0.1) is 6.58 Å². The molecule has 1 aliphatic heterocycles. The molecular weight excluding hydrogens is 494 g/mol. The third-order valence-electron chi connectivity index (χ3n) is 7.21. The number of esters is 1. The number of halogens is 1. The molecule has 3 heterocycles. The normalized spacial score (nSPS) is 24.9. The maximum absolute atomic E-state index is 13.1. The topological polar surface area (TPSA) is 103 Å². The summed E-state index contributed by atoms with van der Waals surface area (Å²) in [5, 5.41) is 9.24. The second-order valence-electron chi connectivity index (χ2n) is 9.55. The molecule has 8 nitrogen and oxygen atoms in total. The van der Waals surface area contributed by atoms with Gasteiger partial charge in [0.2, 0.25) is 11.8 Å². The van der Waals surface area contributed by atoms with E-state index in [1.54, 1.807) is 19.1 Å². The van der Waals surface area contributed by atoms with Gasteiger partial charge in [0.1, 0.15) is 22.7 Å². The number of amides is 1. The predicted octanol–water partition coefficient (Wildman–Crippen LogP) is 4.52. The number of aromatic nitrogens is 1. The van der Waals surface area contributed by atoms with Crippen LogP contribution >= 0.6 is 11.6 Å². The summed E-state index contributed by atoms with van der Waals surface area (Å²) in [4.78, 5) is 30.4. The van der Waals surface area contributed by atoms with Gasteiger partial charge in [-0.3, -0.25) is 4.79 Å². The van der Waals surface area contributed by atoms with Gasteiger partial charge < -0.3 is 24.5 Å². The number of rotatable bonds is 7. The van der Waals surface area contributed by atoms with Gasteiger partial charge in [0, 0.05) is 40.1 Å². The number of carbonyl (C=O) groups is 2. The summed E-state index contributed by atoms with van der Waals surface area (Å²) >= 11 is 6.24. The molecule has 2 aromatic carbocycles. The Morgan fingerprint density at radius 3 is 2.84 bits per heavy atom. The fourth-order valence-corrected chi connectivity index (χ4v) is 5.36. The first-order chi connectivity index (χ1) is 17.9. The molecule has 2 aliphatic rings. The first-order valence-electron chi connectivity index (χ1n) is 12.4. The molecule has 2 fully saturated rings. The lowest BCUT2D eigenvalue weighted by Gasteiger charge is -2.20. The van der Waals surface area contributed by atoms with Gasteiger partial charge in [0.15, 0.2) is 5.58 Å². The van der Waals surface area contributed by atoms with Crippen LogP contribution in [-0.4, -0.2) is 47.7 Å². The van der Waals surface area contributed by atoms with Gasteiger partial charge >= 0.3 is 5.97 Å². The van der Waals surface area contributed by atoms with Crippen molar-refractivity contribution >= 4 is 56.3 Å². The monoisotopic (exact) mass is 519 g/mol. The van der Waals surface area contributed by atoms with Gasteiger partial charge in [0.05, 0.1) is 12.6 Å². The van der Waals surface area contributed by atoms with Gasteiger partial charge in [-0.25, -0.2) is 9.78 Å². The minimum absolute atomic E-state index is 0.135. The molecule has 0 unspecified atom stereocenters. The van der Waals surface area contributed by atoms with Crippen LogP contribution in [-0.2, 0) is 14.3 Å². The van der Waals surface area contributed by atoms with E-state index in [1.165, 1.54) is 0 Å². The number of nitrogens with zero attached hydrogens (tertiary/aromatic N) is 1. The van der Waals surface area contributed by atoms with Crippen LogP contribution in [0, 0.1) is 5.92 Å². The molecule has 1 aliphatic carbocycles. The van der Waals surface area contributed by atoms with E-state index < -0.39 is 17.6 Å². The van der Waals surface area contributed by atoms with Crippen molar-refractivity contribution in [3.8, 4) is 5.88 Å². The number of hydrogen-bond donors (Lipinski definition) is 2. The van der Waals surface area contributed by atoms with Crippen molar-refractivity contribution in [2.45, 2.75) is 37.5 Å². The molecule has 1 amide bonds. The second kappa shape index (κ2) is 9.04. The van der Waals surface area contributed by atoms with Crippen molar-refractivity contribution in [2.24, 2.45) is 5.92 Å². The summed E-state index contributed by atoms with van der Waals surface area (Å²) in [6, 6.07) is 12.7. The molecule has 0 bridgehead atoms. The van der Waals surface area contributed by atoms with Crippen molar-refractivity contribution < 1.29 is 23.5 Å². The molecule has 1 saturated heterocycles. The smallest absolute Gasteiger partial charge is 0.332 e. The molecule has 190 valence electrons. The van der Waals surface area contributed by atoms with E-state index in [1.807, 2.05) is 36.4 Å². The van der Waals surface area contributed by atoms with E-state index >= 15 is 0 Å². The maximum Gasteiger partial charge on any atom is 0.332 e. The highest BCUT2D eigenvalue weighted by molar-refractivity contribution is 6.31. The summed E-state index contributed by atoms with van der Waals surface area (Å²) in [5.74, 6) is -0.345. The Morgan fingerprint density at radius 2 is 2.08 bits per heavy atom. The molecule has 4 atom stereocenters. The lowest BCUT2D eigenvalue weighted by molar-refractivity contribution is -0.149. The molecule has 0 spiro atoms. The first-order valence-corrected chi connectivity index (χ1v) is 12.7. The van der Waals surface area contributed by atoms with Crippen LogP contribution in [0.25, 0.3) is 32.8 Å². The molecule has 37 heavy (non-hydrogen) atoms. The summed E-state index contributed by atoms with van der Waals surface area (Å²) < 4.78 is 17.7. The average Bonchev–Trinajstić information content (AvgIpc) is 3.22. The van der Waals surface area contributed by atoms with Gasteiger partial charge in [0.25, 0.3) is 0 Å². The highest BCUT2D eigenvalue weighted by atomic mass is 35.5. The number of furan rings is 1. The molecule has 4 aromatic rings. The molecule has 6 rings (SSSR count). The Labute approximate surface area is 217 Å². The molecule has 9 heteroatoms. The Morgan fingerprint density at radius 1 is 1.27 bits per heavy atom. The van der Waals surface area contributed by atoms with E-state index in [0.29, 0.717) is 47.0 Å². The number of fused-ring (bicyclic) bond motifs is 5. The van der Waals surface area contributed by atoms with Gasteiger partial charge in [-0.1, -0.05) is 35.9 Å². The van der Waals surface area contributed by atoms with Crippen molar-refractivity contribution in [3.05, 3.63) is 60.1 Å². The number of ether oxygens (including phenoxy) is 2. The third kappa shape index (κ3) is 4.01. The van der Waals surface area contributed by atoms with E-state index in [-0.39, 0.29) is 24.5 Å². The Kier molecular flexibility index (Phi) is 5.81. The molecule has 2 N–H and O–H groups in total. The Bertz CT molecular complexity index is 1570. The lowest BCUT2D eigenvalue weighted by atomic mass is 10.1. The lowest BCUT2D eigenvalue weighted by Crippen LogP contribution is -2.51. The number of benzene rings is 2. The van der Waals surface area contributed by atoms with Crippen LogP contribution < -0.4 is 15.4 Å². The van der Waals surface area contributed by atoms with Crippen LogP contribution in [0.4, 0.5) is 0 Å². The van der Waals surface area contributed by atoms with Crippen LogP contribution in [0.1, 0.15) is 19.8 Å². The highest BCUT2D eigenvalue weighted by Gasteiger charge is 2.61. The summed E-state index contributed by atoms with van der Waals surface area (Å²) in [6.07, 6.45) is 2.31. The van der Waals surface area contributed by atoms with Crippen LogP contribution in [0.2, 0.25) is 5.02 Å². The fourth-order valence-electron chi connectivity index (χ4n) is 5.19. The average molecular weight is 520 g/mol. The standard InChI is InChI=1S/C28H26ClN3O5/c1-3-15-13-28(15,27(34)35-4-2)32-25(33)21-12-17(14-30-21)36-26-19-8-6-5-7-18(19)24-23(31-26)20-11-16(29)9-10-22(20)37-24/h3,5-11,15,17,21,30H,1,4,12-14H2,2H3,(H,32,33)/t15-,17-,21+,28-/m1/s1. The van der Waals surface area contributed by atoms with Crippen molar-refractivity contribution in [2.75, 3.05) is 13.2 Å². The second-order valence-corrected chi connectivity index (χ2v) is 9.98. The zero-order chi connectivity index (χ0) is 25.7. The predicted molar refractivity (Wildman–Crippen MR) is 141 cm³/mol. The van der Waals surface area contributed by atoms with Crippen molar-refractivity contribution in [3.63, 3.8) is 0 Å². The zero-order valence-electron chi connectivity index (χ0n) is 20.3. The molecule has 1 saturated carbocycles. The van der Waals surface area contributed by atoms with Crippen LogP contribution in [0.3, 0.4) is 0 Å². The SMILES string of the molecule is C=C[C@@H]1C[C@]1(NC(=O)[C@@H]1C[C@@H](Oc2nc3c4cc(Cl)ccc4oc3c3ccccc23)CN1)C(=O)OCC. The molecular formula is C28H26ClN3O5. The van der Waals surface area contributed by atoms with Gasteiger partial charge in [-0.05, 0) is 37.6 Å². The fraction of sp³-hybridized carbons (Fsp3) is 0.321. The summed E-state index contributed by atoms with van der Waals surface area (Å²) in [7, 11) is 0. The van der Waals surface area contributed by atoms with Crippen molar-refractivity contribution in [1.82, 2.24) is 15.6 Å². The number of pyridine rings is 1. The quantitative estimate of drug-likeness (QED) is 0.273. The summed E-state index contributed by atoms with van der Waals surface area (Å²) in [5.41, 5.74) is 1.02. The number of hydrogen-bond acceptors (Lipinski definition) is 7. The number of carbonyl (C=O) groups excluding carboxylic acids is 2.